The Bertz CT molecular complexity index is 377. The maximum absolute atomic E-state index is 6.27. The molecule has 0 amide bonds. The van der Waals surface area contributed by atoms with Crippen LogP contribution in [0.1, 0.15) is 36.9 Å². The Labute approximate surface area is 116 Å². The van der Waals surface area contributed by atoms with Crippen LogP contribution in [0.2, 0.25) is 0 Å². The summed E-state index contributed by atoms with van der Waals surface area (Å²) < 4.78 is 5.69. The van der Waals surface area contributed by atoms with Crippen LogP contribution in [0.3, 0.4) is 0 Å². The predicted octanol–water partition coefficient (Wildman–Crippen LogP) is 2.50. The Hall–Kier alpha value is -0.900. The summed E-state index contributed by atoms with van der Waals surface area (Å²) in [6, 6.07) is 8.71. The quantitative estimate of drug-likeness (QED) is 0.886. The molecule has 0 aromatic heterocycles. The first-order valence-electron chi connectivity index (χ1n) is 7.35. The molecule has 2 unspecified atom stereocenters. The molecular weight excluding hydrogens is 236 g/mol. The Morgan fingerprint density at radius 1 is 1.37 bits per heavy atom. The van der Waals surface area contributed by atoms with E-state index in [-0.39, 0.29) is 6.04 Å². The smallest absolute Gasteiger partial charge is 0.0700 e. The molecule has 2 atom stereocenters. The van der Waals surface area contributed by atoms with Crippen LogP contribution < -0.4 is 5.73 Å². The number of nitrogens with zero attached hydrogens (tertiary/aromatic N) is 1. The van der Waals surface area contributed by atoms with Gasteiger partial charge in [-0.15, -0.1) is 0 Å². The van der Waals surface area contributed by atoms with Crippen LogP contribution >= 0.6 is 0 Å². The first kappa shape index (κ1) is 14.5. The average Bonchev–Trinajstić information content (AvgIpc) is 2.46. The summed E-state index contributed by atoms with van der Waals surface area (Å²) in [7, 11) is 0. The number of nitrogens with two attached hydrogens (primary N) is 1. The van der Waals surface area contributed by atoms with E-state index in [1.54, 1.807) is 0 Å². The number of benzene rings is 1. The van der Waals surface area contributed by atoms with Gasteiger partial charge in [-0.3, -0.25) is 4.90 Å². The molecule has 1 heterocycles. The monoisotopic (exact) mass is 262 g/mol. The van der Waals surface area contributed by atoms with Crippen molar-refractivity contribution in [2.24, 2.45) is 5.73 Å². The van der Waals surface area contributed by atoms with Crippen molar-refractivity contribution in [1.29, 1.82) is 0 Å². The molecule has 0 saturated carbocycles. The molecule has 1 aliphatic heterocycles. The van der Waals surface area contributed by atoms with Crippen LogP contribution in [0.25, 0.3) is 0 Å². The molecule has 3 heteroatoms. The molecule has 1 aromatic carbocycles. The molecule has 0 aliphatic carbocycles. The van der Waals surface area contributed by atoms with Crippen molar-refractivity contribution >= 4 is 0 Å². The van der Waals surface area contributed by atoms with Gasteiger partial charge < -0.3 is 10.5 Å². The third-order valence-electron chi connectivity index (χ3n) is 3.94. The average molecular weight is 262 g/mol. The molecule has 2 N–H and O–H groups in total. The zero-order chi connectivity index (χ0) is 13.7. The van der Waals surface area contributed by atoms with Gasteiger partial charge in [0.1, 0.15) is 0 Å². The van der Waals surface area contributed by atoms with E-state index < -0.39 is 0 Å². The number of hydrogen-bond acceptors (Lipinski definition) is 3. The van der Waals surface area contributed by atoms with Gasteiger partial charge >= 0.3 is 0 Å². The fraction of sp³-hybridized carbons (Fsp3) is 0.625. The van der Waals surface area contributed by atoms with Crippen LogP contribution in [-0.2, 0) is 4.74 Å². The summed E-state index contributed by atoms with van der Waals surface area (Å²) in [5.41, 5.74) is 8.80. The Morgan fingerprint density at radius 2 is 2.11 bits per heavy atom. The van der Waals surface area contributed by atoms with Gasteiger partial charge in [-0.1, -0.05) is 36.8 Å². The van der Waals surface area contributed by atoms with Crippen molar-refractivity contribution in [2.45, 2.75) is 38.8 Å². The van der Waals surface area contributed by atoms with E-state index in [9.17, 15) is 0 Å². The second kappa shape index (κ2) is 7.04. The first-order valence-corrected chi connectivity index (χ1v) is 7.35. The van der Waals surface area contributed by atoms with Crippen LogP contribution in [-0.4, -0.2) is 37.2 Å². The topological polar surface area (TPSA) is 38.5 Å². The lowest BCUT2D eigenvalue weighted by Crippen LogP contribution is -2.43. The lowest BCUT2D eigenvalue weighted by atomic mass is 10.0. The maximum Gasteiger partial charge on any atom is 0.0700 e. The van der Waals surface area contributed by atoms with Gasteiger partial charge in [-0.25, -0.2) is 0 Å². The zero-order valence-electron chi connectivity index (χ0n) is 12.1. The van der Waals surface area contributed by atoms with Crippen molar-refractivity contribution in [3.05, 3.63) is 35.4 Å². The maximum atomic E-state index is 6.27. The second-order valence-corrected chi connectivity index (χ2v) is 5.51. The molecule has 106 valence electrons. The fourth-order valence-electron chi connectivity index (χ4n) is 2.53. The van der Waals surface area contributed by atoms with Crippen molar-refractivity contribution < 1.29 is 4.74 Å². The highest BCUT2D eigenvalue weighted by atomic mass is 16.5. The molecule has 1 saturated heterocycles. The van der Waals surface area contributed by atoms with Crippen molar-refractivity contribution in [3.63, 3.8) is 0 Å². The molecule has 1 fully saturated rings. The van der Waals surface area contributed by atoms with Gasteiger partial charge in [-0.05, 0) is 25.3 Å². The number of morpholine rings is 1. The summed E-state index contributed by atoms with van der Waals surface area (Å²) >= 11 is 0. The summed E-state index contributed by atoms with van der Waals surface area (Å²) in [5, 5.41) is 0. The van der Waals surface area contributed by atoms with Gasteiger partial charge in [0.15, 0.2) is 0 Å². The predicted molar refractivity (Wildman–Crippen MR) is 79.2 cm³/mol. The van der Waals surface area contributed by atoms with Crippen molar-refractivity contribution in [1.82, 2.24) is 4.90 Å². The highest BCUT2D eigenvalue weighted by Crippen LogP contribution is 2.16. The van der Waals surface area contributed by atoms with E-state index in [2.05, 4.69) is 43.0 Å². The van der Waals surface area contributed by atoms with E-state index in [4.69, 9.17) is 10.5 Å². The van der Waals surface area contributed by atoms with E-state index in [0.29, 0.717) is 6.10 Å². The Kier molecular flexibility index (Phi) is 5.37. The molecule has 19 heavy (non-hydrogen) atoms. The van der Waals surface area contributed by atoms with Crippen LogP contribution in [0, 0.1) is 6.92 Å². The number of rotatable bonds is 5. The summed E-state index contributed by atoms with van der Waals surface area (Å²) in [4.78, 5) is 2.48. The summed E-state index contributed by atoms with van der Waals surface area (Å²) in [6.45, 7) is 8.31. The minimum Gasteiger partial charge on any atom is -0.376 e. The molecule has 0 spiro atoms. The van der Waals surface area contributed by atoms with E-state index >= 15 is 0 Å². The van der Waals surface area contributed by atoms with Gasteiger partial charge in [0.2, 0.25) is 0 Å². The molecule has 1 aromatic rings. The third kappa shape index (κ3) is 4.30. The van der Waals surface area contributed by atoms with Crippen LogP contribution in [0.15, 0.2) is 24.3 Å². The largest absolute Gasteiger partial charge is 0.376 e. The lowest BCUT2D eigenvalue weighted by molar-refractivity contribution is -0.0302. The van der Waals surface area contributed by atoms with Gasteiger partial charge in [0.05, 0.1) is 12.7 Å². The first-order chi connectivity index (χ1) is 9.19. The van der Waals surface area contributed by atoms with Crippen molar-refractivity contribution in [3.8, 4) is 0 Å². The molecule has 2 rings (SSSR count). The van der Waals surface area contributed by atoms with Crippen molar-refractivity contribution in [2.75, 3.05) is 26.2 Å². The summed E-state index contributed by atoms with van der Waals surface area (Å²) in [5.74, 6) is 0. The Morgan fingerprint density at radius 3 is 2.79 bits per heavy atom. The molecule has 0 radical (unpaired) electrons. The van der Waals surface area contributed by atoms with Gasteiger partial charge in [-0.2, -0.15) is 0 Å². The minimum absolute atomic E-state index is 0.142. The van der Waals surface area contributed by atoms with E-state index in [1.165, 1.54) is 11.1 Å². The lowest BCUT2D eigenvalue weighted by Gasteiger charge is -2.33. The molecule has 1 aliphatic rings. The molecule has 3 nitrogen and oxygen atoms in total. The zero-order valence-corrected chi connectivity index (χ0v) is 12.1. The van der Waals surface area contributed by atoms with Gasteiger partial charge in [0, 0.05) is 25.7 Å². The highest BCUT2D eigenvalue weighted by molar-refractivity contribution is 5.23. The van der Waals surface area contributed by atoms with E-state index in [1.807, 2.05) is 0 Å². The summed E-state index contributed by atoms with van der Waals surface area (Å²) in [6.07, 6.45) is 2.52. The minimum atomic E-state index is 0.142. The van der Waals surface area contributed by atoms with Crippen LogP contribution in [0.5, 0.6) is 0 Å². The standard InChI is InChI=1S/C16H26N2O/c1-3-15-12-18(10-11-19-15)9-8-16(17)14-6-4-13(2)5-7-14/h4-7,15-16H,3,8-12,17H2,1-2H3. The second-order valence-electron chi connectivity index (χ2n) is 5.51. The van der Waals surface area contributed by atoms with Crippen LogP contribution in [0.4, 0.5) is 0 Å². The highest BCUT2D eigenvalue weighted by Gasteiger charge is 2.19. The Balaban J connectivity index is 1.79. The SMILES string of the molecule is CCC1CN(CCC(N)c2ccc(C)cc2)CCO1. The number of hydrogen-bond donors (Lipinski definition) is 1. The van der Waals surface area contributed by atoms with E-state index in [0.717, 1.165) is 39.1 Å². The molecular formula is C16H26N2O. The number of aryl methyl sites for hydroxylation is 1. The molecule has 0 bridgehead atoms. The third-order valence-corrected chi connectivity index (χ3v) is 3.94. The van der Waals surface area contributed by atoms with Gasteiger partial charge in [0.25, 0.3) is 0 Å². The number of ether oxygens (including phenoxy) is 1. The fourth-order valence-corrected chi connectivity index (χ4v) is 2.53. The normalized spacial score (nSPS) is 22.4.